The summed E-state index contributed by atoms with van der Waals surface area (Å²) < 4.78 is 0. The van der Waals surface area contributed by atoms with Gasteiger partial charge < -0.3 is 0 Å². The number of benzene rings is 28. The second-order valence-electron chi connectivity index (χ2n) is 36.9. The average Bonchev–Trinajstić information content (AvgIpc) is 0.707. The van der Waals surface area contributed by atoms with Crippen molar-refractivity contribution < 1.29 is 0 Å². The molecule has 0 bridgehead atoms. The number of hydrogen-bond acceptors (Lipinski definition) is 0. The summed E-state index contributed by atoms with van der Waals surface area (Å²) >= 11 is 0. The lowest BCUT2D eigenvalue weighted by atomic mass is 9.81. The zero-order valence-electron chi connectivity index (χ0n) is 77.0. The van der Waals surface area contributed by atoms with Gasteiger partial charge in [-0.15, -0.1) is 0 Å². The fourth-order valence-corrected chi connectivity index (χ4v) is 22.8. The molecule has 650 valence electrons. The lowest BCUT2D eigenvalue weighted by molar-refractivity contribution is 1.61. The maximum absolute atomic E-state index is 2.35. The largest absolute Gasteiger partial charge is 0.0622 e. The molecule has 28 aromatic rings. The van der Waals surface area contributed by atoms with Crippen molar-refractivity contribution in [3.8, 4) is 122 Å². The van der Waals surface area contributed by atoms with E-state index < -0.39 is 0 Å². The van der Waals surface area contributed by atoms with Gasteiger partial charge in [-0.1, -0.05) is 528 Å². The maximum Gasteiger partial charge on any atom is -0.00139 e. The van der Waals surface area contributed by atoms with E-state index in [4.69, 9.17) is 0 Å². The van der Waals surface area contributed by atoms with Crippen LogP contribution >= 0.6 is 0 Å². The van der Waals surface area contributed by atoms with Crippen LogP contribution < -0.4 is 0 Å². The monoisotopic (exact) mass is 1770 g/mol. The number of fused-ring (bicyclic) bond motifs is 14. The van der Waals surface area contributed by atoms with Crippen molar-refractivity contribution in [1.29, 1.82) is 0 Å². The standard InChI is InChI=1S/C52H34.C48H30.C40H26/c1-3-15-35(16-4-1)37-27-31-39(32-28-37)49-41-19-7-11-23-45(41)51(46-24-12-8-20-42(46)49)52-47-25-13-9-21-43(47)50(44-22-10-14-26-48(44)52)40-33-29-38(30-34-40)36-17-5-2-6-18-36;1-3-15-33-29-35(27-25-31(33)13-1)45-37-17-5-9-21-41(37)47(42-22-10-6-18-38(42)45)48-43-23-11-7-19-39(43)46(40-20-8-12-24-44(40)48)36-28-26-32-14-2-4-16-34(32)30-36;1-2-12-31-26-32(25-20-27(31)10-1)40-37-17-7-5-15-35(37)39(36-16-6-8-18-38(36)40)30-23-21-29(22-24-30)34-19-9-13-28-11-3-4-14-33(28)34/h1-34H;1-30H;1-26H. The van der Waals surface area contributed by atoms with Crippen LogP contribution in [0.2, 0.25) is 0 Å². The predicted molar refractivity (Wildman–Crippen MR) is 604 cm³/mol. The van der Waals surface area contributed by atoms with Crippen molar-refractivity contribution >= 4 is 151 Å². The molecule has 28 rings (SSSR count). The summed E-state index contributed by atoms with van der Waals surface area (Å²) in [5.41, 5.74) is 27.7. The van der Waals surface area contributed by atoms with Crippen LogP contribution in [-0.2, 0) is 0 Å². The minimum absolute atomic E-state index is 1.22. The summed E-state index contributed by atoms with van der Waals surface area (Å²) in [6.07, 6.45) is 0. The van der Waals surface area contributed by atoms with Crippen molar-refractivity contribution in [2.45, 2.75) is 0 Å². The molecular formula is C140H90. The first-order valence-electron chi connectivity index (χ1n) is 48.6. The molecule has 0 heterocycles. The number of rotatable bonds is 11. The molecule has 0 spiro atoms. The van der Waals surface area contributed by atoms with Crippen molar-refractivity contribution in [3.05, 3.63) is 546 Å². The highest BCUT2D eigenvalue weighted by Crippen LogP contribution is 2.55. The summed E-state index contributed by atoms with van der Waals surface area (Å²) in [5, 5.41) is 35.5. The lowest BCUT2D eigenvalue weighted by Crippen LogP contribution is -1.94. The highest BCUT2D eigenvalue weighted by molar-refractivity contribution is 6.33. The Balaban J connectivity index is 0.000000109. The van der Waals surface area contributed by atoms with E-state index in [0.717, 1.165) is 0 Å². The highest BCUT2D eigenvalue weighted by atomic mass is 14.3. The van der Waals surface area contributed by atoms with E-state index in [2.05, 4.69) is 546 Å². The third-order valence-corrected chi connectivity index (χ3v) is 29.1. The minimum atomic E-state index is 1.22. The van der Waals surface area contributed by atoms with Gasteiger partial charge in [-0.2, -0.15) is 0 Å². The van der Waals surface area contributed by atoms with Gasteiger partial charge in [0.1, 0.15) is 0 Å². The van der Waals surface area contributed by atoms with Crippen LogP contribution in [-0.4, -0.2) is 0 Å². The Kier molecular flexibility index (Phi) is 20.8. The Bertz CT molecular complexity index is 9080. The van der Waals surface area contributed by atoms with Crippen molar-refractivity contribution in [2.24, 2.45) is 0 Å². The predicted octanol–water partition coefficient (Wildman–Crippen LogP) is 39.5. The first-order valence-corrected chi connectivity index (χ1v) is 48.6. The molecule has 0 saturated heterocycles. The molecule has 0 aliphatic rings. The van der Waals surface area contributed by atoms with Gasteiger partial charge in [-0.3, -0.25) is 0 Å². The molecule has 0 aliphatic carbocycles. The summed E-state index contributed by atoms with van der Waals surface area (Å²) in [5.74, 6) is 0. The first kappa shape index (κ1) is 82.5. The Morgan fingerprint density at radius 3 is 0.471 bits per heavy atom. The third kappa shape index (κ3) is 14.4. The Morgan fingerprint density at radius 1 is 0.0714 bits per heavy atom. The van der Waals surface area contributed by atoms with Gasteiger partial charge in [0.15, 0.2) is 0 Å². The summed E-state index contributed by atoms with van der Waals surface area (Å²) in [7, 11) is 0. The first-order chi connectivity index (χ1) is 69.5. The van der Waals surface area contributed by atoms with E-state index in [1.165, 1.54) is 273 Å². The Hall–Kier alpha value is -18.2. The van der Waals surface area contributed by atoms with E-state index in [0.29, 0.717) is 0 Å². The van der Waals surface area contributed by atoms with Gasteiger partial charge in [0.25, 0.3) is 0 Å². The molecule has 0 radical (unpaired) electrons. The second kappa shape index (κ2) is 35.2. The molecule has 0 unspecified atom stereocenters. The van der Waals surface area contributed by atoms with Crippen molar-refractivity contribution in [1.82, 2.24) is 0 Å². The molecule has 0 aromatic heterocycles. The van der Waals surface area contributed by atoms with Crippen LogP contribution in [0.15, 0.2) is 546 Å². The highest BCUT2D eigenvalue weighted by Gasteiger charge is 2.27. The normalized spacial score (nSPS) is 11.6. The molecular weight excluding hydrogens is 1680 g/mol. The van der Waals surface area contributed by atoms with E-state index in [9.17, 15) is 0 Å². The molecule has 28 aromatic carbocycles. The average molecular weight is 1770 g/mol. The van der Waals surface area contributed by atoms with E-state index in [1.807, 2.05) is 0 Å². The van der Waals surface area contributed by atoms with Gasteiger partial charge in [0.2, 0.25) is 0 Å². The van der Waals surface area contributed by atoms with Crippen LogP contribution in [0.5, 0.6) is 0 Å². The van der Waals surface area contributed by atoms with Gasteiger partial charge in [0, 0.05) is 0 Å². The summed E-state index contributed by atoms with van der Waals surface area (Å²) in [4.78, 5) is 0. The zero-order valence-corrected chi connectivity index (χ0v) is 77.0. The van der Waals surface area contributed by atoms with Gasteiger partial charge in [-0.05, 0) is 291 Å². The molecule has 140 heavy (non-hydrogen) atoms. The quantitative estimate of drug-likeness (QED) is 0.113. The zero-order chi connectivity index (χ0) is 92.5. The SMILES string of the molecule is c1ccc(-c2ccc(-c3c4ccccc4c(-c4c5ccccc5c(-c5ccc(-c6ccccc6)cc5)c5ccccc45)c4ccccc34)cc2)cc1.c1ccc2cc(-c3c4ccccc4c(-c4c5ccccc5c(-c5ccc6ccccc6c5)c5ccccc45)c4ccccc34)ccc2c1.c1ccc2cc(-c3c4ccccc4c(-c4ccc(-c5cccc6ccccc56)cc4)c4ccccc34)ccc2c1. The Morgan fingerprint density at radius 2 is 0.229 bits per heavy atom. The molecule has 0 N–H and O–H groups in total. The molecule has 0 atom stereocenters. The van der Waals surface area contributed by atoms with Crippen LogP contribution in [0, 0.1) is 0 Å². The molecule has 0 heteroatoms. The topological polar surface area (TPSA) is 0 Å². The van der Waals surface area contributed by atoms with Crippen molar-refractivity contribution in [3.63, 3.8) is 0 Å². The van der Waals surface area contributed by atoms with Gasteiger partial charge in [-0.25, -0.2) is 0 Å². The van der Waals surface area contributed by atoms with E-state index in [-0.39, 0.29) is 0 Å². The van der Waals surface area contributed by atoms with Gasteiger partial charge in [0.05, 0.1) is 0 Å². The van der Waals surface area contributed by atoms with Crippen LogP contribution in [0.4, 0.5) is 0 Å². The van der Waals surface area contributed by atoms with E-state index in [1.54, 1.807) is 0 Å². The lowest BCUT2D eigenvalue weighted by Gasteiger charge is -2.22. The number of hydrogen-bond donors (Lipinski definition) is 0. The van der Waals surface area contributed by atoms with E-state index >= 15 is 0 Å². The molecule has 0 nitrogen and oxygen atoms in total. The molecule has 0 aliphatic heterocycles. The second-order valence-corrected chi connectivity index (χ2v) is 36.9. The van der Waals surface area contributed by atoms with Crippen LogP contribution in [0.25, 0.3) is 273 Å². The fourth-order valence-electron chi connectivity index (χ4n) is 22.8. The minimum Gasteiger partial charge on any atom is -0.0622 e. The van der Waals surface area contributed by atoms with Gasteiger partial charge >= 0.3 is 0 Å². The van der Waals surface area contributed by atoms with Crippen LogP contribution in [0.3, 0.4) is 0 Å². The maximum atomic E-state index is 2.35. The summed E-state index contributed by atoms with van der Waals surface area (Å²) in [6, 6.07) is 200. The van der Waals surface area contributed by atoms with Crippen LogP contribution in [0.1, 0.15) is 0 Å². The van der Waals surface area contributed by atoms with Crippen molar-refractivity contribution in [2.75, 3.05) is 0 Å². The smallest absolute Gasteiger partial charge is 0.00139 e. The fraction of sp³-hybridized carbons (Fsp3) is 0. The Labute approximate surface area is 813 Å². The summed E-state index contributed by atoms with van der Waals surface area (Å²) in [6.45, 7) is 0. The third-order valence-electron chi connectivity index (χ3n) is 29.1. The molecule has 0 fully saturated rings. The molecule has 0 saturated carbocycles. The molecule has 0 amide bonds.